The van der Waals surface area contributed by atoms with Crippen molar-refractivity contribution in [2.24, 2.45) is 0 Å². The molecule has 0 aliphatic rings. The SMILES string of the molecule is O=C(O)C[C@@H](CO)NC(c1ccccc1)(c1ccccc1)c1ccccc1. The first kappa shape index (κ1) is 18.8. The maximum absolute atomic E-state index is 11.3. The van der Waals surface area contributed by atoms with Crippen molar-refractivity contribution >= 4 is 5.97 Å². The van der Waals surface area contributed by atoms with Crippen LogP contribution >= 0.6 is 0 Å². The maximum atomic E-state index is 11.3. The normalized spacial score (nSPS) is 12.5. The molecule has 0 amide bonds. The van der Waals surface area contributed by atoms with Gasteiger partial charge < -0.3 is 10.2 Å². The number of hydrogen-bond donors (Lipinski definition) is 3. The van der Waals surface area contributed by atoms with E-state index in [1.54, 1.807) is 0 Å². The summed E-state index contributed by atoms with van der Waals surface area (Å²) in [5.41, 5.74) is 2.15. The highest BCUT2D eigenvalue weighted by molar-refractivity contribution is 5.67. The first-order valence-corrected chi connectivity index (χ1v) is 8.93. The molecule has 3 N–H and O–H groups in total. The maximum Gasteiger partial charge on any atom is 0.305 e. The Kier molecular flexibility index (Phi) is 6.01. The summed E-state index contributed by atoms with van der Waals surface area (Å²) in [6, 6.07) is 29.1. The van der Waals surface area contributed by atoms with E-state index in [1.165, 1.54) is 0 Å². The average molecular weight is 361 g/mol. The van der Waals surface area contributed by atoms with Crippen molar-refractivity contribution in [1.29, 1.82) is 0 Å². The Morgan fingerprint density at radius 1 is 0.778 bits per heavy atom. The van der Waals surface area contributed by atoms with E-state index in [2.05, 4.69) is 5.32 Å². The molecule has 0 aliphatic heterocycles. The van der Waals surface area contributed by atoms with E-state index in [9.17, 15) is 15.0 Å². The Hall–Kier alpha value is -2.95. The van der Waals surface area contributed by atoms with Gasteiger partial charge in [-0.2, -0.15) is 0 Å². The van der Waals surface area contributed by atoms with Crippen LogP contribution in [0, 0.1) is 0 Å². The Balaban J connectivity index is 2.24. The summed E-state index contributed by atoms with van der Waals surface area (Å²) in [7, 11) is 0. The lowest BCUT2D eigenvalue weighted by Gasteiger charge is -2.39. The monoisotopic (exact) mass is 361 g/mol. The van der Waals surface area contributed by atoms with Gasteiger partial charge in [-0.25, -0.2) is 0 Å². The first-order chi connectivity index (χ1) is 13.2. The van der Waals surface area contributed by atoms with Gasteiger partial charge in [-0.15, -0.1) is 0 Å². The lowest BCUT2D eigenvalue weighted by atomic mass is 9.76. The summed E-state index contributed by atoms with van der Waals surface area (Å²) in [4.78, 5) is 11.3. The molecule has 27 heavy (non-hydrogen) atoms. The summed E-state index contributed by atoms with van der Waals surface area (Å²) in [5.74, 6) is -0.954. The van der Waals surface area contributed by atoms with Crippen LogP contribution < -0.4 is 5.32 Å². The molecule has 0 aliphatic carbocycles. The van der Waals surface area contributed by atoms with Gasteiger partial charge in [-0.1, -0.05) is 91.0 Å². The predicted molar refractivity (Wildman–Crippen MR) is 105 cm³/mol. The quantitative estimate of drug-likeness (QED) is 0.538. The third-order valence-corrected chi connectivity index (χ3v) is 4.68. The number of aliphatic hydroxyl groups excluding tert-OH is 1. The third-order valence-electron chi connectivity index (χ3n) is 4.68. The molecular weight excluding hydrogens is 338 g/mol. The van der Waals surface area contributed by atoms with Crippen LogP contribution in [-0.4, -0.2) is 28.8 Å². The smallest absolute Gasteiger partial charge is 0.305 e. The Labute approximate surface area is 159 Å². The lowest BCUT2D eigenvalue weighted by Crippen LogP contribution is -2.51. The minimum Gasteiger partial charge on any atom is -0.481 e. The number of hydrogen-bond acceptors (Lipinski definition) is 3. The average Bonchev–Trinajstić information content (AvgIpc) is 2.73. The fraction of sp³-hybridized carbons (Fsp3) is 0.174. The van der Waals surface area contributed by atoms with Crippen molar-refractivity contribution in [2.45, 2.75) is 18.0 Å². The number of benzene rings is 3. The highest BCUT2D eigenvalue weighted by Gasteiger charge is 2.38. The van der Waals surface area contributed by atoms with Crippen molar-refractivity contribution in [3.05, 3.63) is 108 Å². The fourth-order valence-corrected chi connectivity index (χ4v) is 3.49. The van der Waals surface area contributed by atoms with E-state index in [1.807, 2.05) is 91.0 Å². The van der Waals surface area contributed by atoms with Gasteiger partial charge in [0.1, 0.15) is 0 Å². The van der Waals surface area contributed by atoms with Gasteiger partial charge in [0, 0.05) is 6.04 Å². The summed E-state index contributed by atoms with van der Waals surface area (Å²) >= 11 is 0. The molecule has 0 bridgehead atoms. The molecule has 3 aromatic rings. The largest absolute Gasteiger partial charge is 0.481 e. The molecule has 4 heteroatoms. The molecule has 0 radical (unpaired) electrons. The van der Waals surface area contributed by atoms with E-state index in [4.69, 9.17) is 0 Å². The second kappa shape index (κ2) is 8.62. The van der Waals surface area contributed by atoms with Gasteiger partial charge in [-0.3, -0.25) is 10.1 Å². The standard InChI is InChI=1S/C23H23NO3/c25-17-21(16-22(26)27)24-23(18-10-4-1-5-11-18,19-12-6-2-7-13-19)20-14-8-3-9-15-20/h1-15,21,24-25H,16-17H2,(H,26,27)/t21-/m0/s1. The van der Waals surface area contributed by atoms with E-state index < -0.39 is 17.6 Å². The van der Waals surface area contributed by atoms with Crippen molar-refractivity contribution < 1.29 is 15.0 Å². The second-order valence-corrected chi connectivity index (χ2v) is 6.47. The fourth-order valence-electron chi connectivity index (χ4n) is 3.49. The zero-order chi connectivity index (χ0) is 19.1. The molecule has 0 spiro atoms. The number of aliphatic hydroxyl groups is 1. The summed E-state index contributed by atoms with van der Waals surface area (Å²) in [5, 5.41) is 22.6. The number of rotatable bonds is 8. The Morgan fingerprint density at radius 2 is 1.15 bits per heavy atom. The minimum absolute atomic E-state index is 0.176. The summed E-state index contributed by atoms with van der Waals surface area (Å²) in [6.07, 6.45) is -0.176. The zero-order valence-electron chi connectivity index (χ0n) is 15.0. The van der Waals surface area contributed by atoms with Gasteiger partial charge in [0.25, 0.3) is 0 Å². The van der Waals surface area contributed by atoms with Gasteiger partial charge in [0.15, 0.2) is 0 Å². The van der Waals surface area contributed by atoms with Gasteiger partial charge in [0.2, 0.25) is 0 Å². The molecule has 0 saturated heterocycles. The third kappa shape index (κ3) is 4.08. The molecule has 0 unspecified atom stereocenters. The summed E-state index contributed by atoms with van der Waals surface area (Å²) in [6.45, 7) is -0.277. The van der Waals surface area contributed by atoms with Crippen LogP contribution in [0.4, 0.5) is 0 Å². The molecule has 0 fully saturated rings. The zero-order valence-corrected chi connectivity index (χ0v) is 15.0. The first-order valence-electron chi connectivity index (χ1n) is 8.93. The molecule has 3 rings (SSSR count). The van der Waals surface area contributed by atoms with E-state index in [-0.39, 0.29) is 13.0 Å². The Morgan fingerprint density at radius 3 is 1.44 bits per heavy atom. The van der Waals surface area contributed by atoms with Crippen molar-refractivity contribution in [3.8, 4) is 0 Å². The minimum atomic E-state index is -0.954. The van der Waals surface area contributed by atoms with Crippen LogP contribution in [0.25, 0.3) is 0 Å². The lowest BCUT2D eigenvalue weighted by molar-refractivity contribution is -0.137. The number of carboxylic acids is 1. The van der Waals surface area contributed by atoms with E-state index in [0.717, 1.165) is 16.7 Å². The Bertz CT molecular complexity index is 754. The van der Waals surface area contributed by atoms with Crippen LogP contribution in [0.15, 0.2) is 91.0 Å². The second-order valence-electron chi connectivity index (χ2n) is 6.47. The highest BCUT2D eigenvalue weighted by atomic mass is 16.4. The molecule has 138 valence electrons. The summed E-state index contributed by atoms with van der Waals surface area (Å²) < 4.78 is 0. The van der Waals surface area contributed by atoms with Gasteiger partial charge >= 0.3 is 5.97 Å². The number of nitrogens with one attached hydrogen (secondary N) is 1. The number of carbonyl (C=O) groups is 1. The van der Waals surface area contributed by atoms with Crippen molar-refractivity contribution in [3.63, 3.8) is 0 Å². The van der Waals surface area contributed by atoms with E-state index >= 15 is 0 Å². The van der Waals surface area contributed by atoms with Crippen LogP contribution in [0.5, 0.6) is 0 Å². The molecule has 4 nitrogen and oxygen atoms in total. The predicted octanol–water partition coefficient (Wildman–Crippen LogP) is 3.40. The number of aliphatic carboxylic acids is 1. The number of carboxylic acid groups (broad SMARTS) is 1. The van der Waals surface area contributed by atoms with E-state index in [0.29, 0.717) is 0 Å². The van der Waals surface area contributed by atoms with Crippen LogP contribution in [0.1, 0.15) is 23.1 Å². The molecule has 0 saturated carbocycles. The van der Waals surface area contributed by atoms with Crippen molar-refractivity contribution in [2.75, 3.05) is 6.61 Å². The van der Waals surface area contributed by atoms with Crippen LogP contribution in [0.3, 0.4) is 0 Å². The molecular formula is C23H23NO3. The molecule has 3 aromatic carbocycles. The van der Waals surface area contributed by atoms with Crippen LogP contribution in [0.2, 0.25) is 0 Å². The topological polar surface area (TPSA) is 69.6 Å². The molecule has 0 heterocycles. The highest BCUT2D eigenvalue weighted by Crippen LogP contribution is 2.37. The van der Waals surface area contributed by atoms with Gasteiger partial charge in [-0.05, 0) is 16.7 Å². The van der Waals surface area contributed by atoms with Crippen molar-refractivity contribution in [1.82, 2.24) is 5.32 Å². The van der Waals surface area contributed by atoms with Crippen LogP contribution in [-0.2, 0) is 10.3 Å². The van der Waals surface area contributed by atoms with Gasteiger partial charge in [0.05, 0.1) is 18.6 Å². The molecule has 0 aromatic heterocycles. The molecule has 1 atom stereocenters.